The number of carbonyl (C=O) groups is 1. The zero-order valence-corrected chi connectivity index (χ0v) is 13.0. The van der Waals surface area contributed by atoms with E-state index < -0.39 is 5.41 Å². The summed E-state index contributed by atoms with van der Waals surface area (Å²) in [6.07, 6.45) is 0. The summed E-state index contributed by atoms with van der Waals surface area (Å²) in [6.45, 7) is 4.50. The zero-order valence-electron chi connectivity index (χ0n) is 13.0. The van der Waals surface area contributed by atoms with Gasteiger partial charge >= 0.3 is 0 Å². The largest absolute Gasteiger partial charge is 0.491 e. The molecule has 0 aliphatic carbocycles. The summed E-state index contributed by atoms with van der Waals surface area (Å²) in [5.74, 6) is 1.96. The first kappa shape index (κ1) is 13.9. The molecule has 0 radical (unpaired) electrons. The number of hydrogen-bond donors (Lipinski definition) is 1. The number of carbonyl (C=O) groups excluding carboxylic acids is 1. The predicted octanol–water partition coefficient (Wildman–Crippen LogP) is 3.07. The first-order valence-electron chi connectivity index (χ1n) is 7.77. The minimum absolute atomic E-state index is 0.0543. The first-order valence-corrected chi connectivity index (χ1v) is 7.77. The summed E-state index contributed by atoms with van der Waals surface area (Å²) in [6, 6.07) is 11.4. The van der Waals surface area contributed by atoms with Gasteiger partial charge in [0, 0.05) is 17.3 Å². The fraction of sp³-hybridized carbons (Fsp3) is 0.278. The quantitative estimate of drug-likeness (QED) is 0.812. The van der Waals surface area contributed by atoms with Gasteiger partial charge in [0.2, 0.25) is 12.7 Å². The second-order valence-electron chi connectivity index (χ2n) is 5.40. The van der Waals surface area contributed by atoms with E-state index in [0.717, 1.165) is 16.8 Å². The first-order chi connectivity index (χ1) is 11.3. The highest BCUT2D eigenvalue weighted by Crippen LogP contribution is 2.53. The highest BCUT2D eigenvalue weighted by Gasteiger charge is 2.54. The van der Waals surface area contributed by atoms with Gasteiger partial charge in [-0.3, -0.25) is 4.79 Å². The number of nitrogens with one attached hydrogen (secondary N) is 1. The van der Waals surface area contributed by atoms with E-state index in [2.05, 4.69) is 5.32 Å². The molecule has 5 rings (SSSR count). The Labute approximate surface area is 134 Å². The van der Waals surface area contributed by atoms with E-state index in [1.165, 1.54) is 0 Å². The van der Waals surface area contributed by atoms with Crippen LogP contribution in [0.25, 0.3) is 0 Å². The number of rotatable bonds is 0. The average Bonchev–Trinajstić information content (AvgIpc) is 3.26. The highest BCUT2D eigenvalue weighted by atomic mass is 16.7. The summed E-state index contributed by atoms with van der Waals surface area (Å²) in [5.41, 5.74) is 1.85. The molecule has 5 heteroatoms. The molecule has 2 aromatic carbocycles. The Bertz CT molecular complexity index is 802. The molecule has 3 aliphatic heterocycles. The van der Waals surface area contributed by atoms with Gasteiger partial charge in [0.1, 0.15) is 17.8 Å². The van der Waals surface area contributed by atoms with E-state index in [4.69, 9.17) is 14.2 Å². The summed E-state index contributed by atoms with van der Waals surface area (Å²) in [5, 5.41) is 2.95. The van der Waals surface area contributed by atoms with Crippen molar-refractivity contribution in [2.24, 2.45) is 0 Å². The monoisotopic (exact) mass is 311 g/mol. The maximum Gasteiger partial charge on any atom is 0.243 e. The Morgan fingerprint density at radius 3 is 2.52 bits per heavy atom. The molecule has 2 aromatic rings. The average molecular weight is 311 g/mol. The van der Waals surface area contributed by atoms with Crippen molar-refractivity contribution in [3.63, 3.8) is 0 Å². The van der Waals surface area contributed by atoms with Crippen molar-refractivity contribution in [3.05, 3.63) is 47.5 Å². The molecule has 23 heavy (non-hydrogen) atoms. The van der Waals surface area contributed by atoms with Crippen molar-refractivity contribution in [2.45, 2.75) is 19.3 Å². The number of amides is 1. The Balaban J connectivity index is 0.000000652. The molecule has 0 unspecified atom stereocenters. The van der Waals surface area contributed by atoms with Crippen LogP contribution in [-0.4, -0.2) is 19.3 Å². The summed E-state index contributed by atoms with van der Waals surface area (Å²) >= 11 is 0. The third kappa shape index (κ3) is 1.70. The fourth-order valence-electron chi connectivity index (χ4n) is 3.37. The van der Waals surface area contributed by atoms with Crippen LogP contribution >= 0.6 is 0 Å². The van der Waals surface area contributed by atoms with Crippen molar-refractivity contribution in [1.29, 1.82) is 0 Å². The van der Waals surface area contributed by atoms with Gasteiger partial charge in [-0.2, -0.15) is 0 Å². The summed E-state index contributed by atoms with van der Waals surface area (Å²) < 4.78 is 16.6. The van der Waals surface area contributed by atoms with Crippen molar-refractivity contribution in [2.75, 3.05) is 18.7 Å². The zero-order chi connectivity index (χ0) is 16.0. The Morgan fingerprint density at radius 1 is 0.957 bits per heavy atom. The van der Waals surface area contributed by atoms with Crippen LogP contribution in [0.2, 0.25) is 0 Å². The van der Waals surface area contributed by atoms with Crippen LogP contribution in [0, 0.1) is 0 Å². The molecule has 1 atom stereocenters. The number of fused-ring (bicyclic) bond motifs is 5. The van der Waals surface area contributed by atoms with Gasteiger partial charge in [0.15, 0.2) is 11.5 Å². The molecule has 0 saturated heterocycles. The van der Waals surface area contributed by atoms with E-state index in [1.807, 2.05) is 44.2 Å². The van der Waals surface area contributed by atoms with Crippen LogP contribution in [0.1, 0.15) is 25.0 Å². The molecule has 118 valence electrons. The van der Waals surface area contributed by atoms with E-state index in [9.17, 15) is 4.79 Å². The lowest BCUT2D eigenvalue weighted by atomic mass is 9.77. The number of ether oxygens (including phenoxy) is 3. The number of para-hydroxylation sites is 1. The molecule has 5 nitrogen and oxygen atoms in total. The molecule has 1 N–H and O–H groups in total. The summed E-state index contributed by atoms with van der Waals surface area (Å²) in [7, 11) is 0. The van der Waals surface area contributed by atoms with Gasteiger partial charge in [-0.05, 0) is 17.7 Å². The van der Waals surface area contributed by atoms with E-state index in [-0.39, 0.29) is 12.7 Å². The minimum Gasteiger partial charge on any atom is -0.491 e. The third-order valence-corrected chi connectivity index (χ3v) is 4.40. The molecule has 0 aromatic heterocycles. The standard InChI is InChI=1S/C16H11NO4.C2H6/c18-15-16(9-3-1-2-4-11(9)17-15)7-19-12-6-14-13(5-10(12)16)20-8-21-14;1-2/h1-6H,7-8H2,(H,17,18);1-2H3/t16-;/m0./s1. The van der Waals surface area contributed by atoms with E-state index in [1.54, 1.807) is 6.07 Å². The number of hydrogen-bond acceptors (Lipinski definition) is 4. The smallest absolute Gasteiger partial charge is 0.243 e. The van der Waals surface area contributed by atoms with Crippen LogP contribution in [0.5, 0.6) is 17.2 Å². The van der Waals surface area contributed by atoms with Gasteiger partial charge in [0.05, 0.1) is 0 Å². The van der Waals surface area contributed by atoms with Crippen molar-refractivity contribution >= 4 is 11.6 Å². The summed E-state index contributed by atoms with van der Waals surface area (Å²) in [4.78, 5) is 12.7. The van der Waals surface area contributed by atoms with Crippen molar-refractivity contribution in [1.82, 2.24) is 0 Å². The van der Waals surface area contributed by atoms with Gasteiger partial charge < -0.3 is 19.5 Å². The van der Waals surface area contributed by atoms with Crippen LogP contribution in [0.3, 0.4) is 0 Å². The van der Waals surface area contributed by atoms with Crippen molar-refractivity contribution < 1.29 is 19.0 Å². The SMILES string of the molecule is CC.O=C1Nc2ccccc2[C@]12COc1cc3c(cc12)OCO3. The predicted molar refractivity (Wildman–Crippen MR) is 85.3 cm³/mol. The molecular weight excluding hydrogens is 294 g/mol. The lowest BCUT2D eigenvalue weighted by Gasteiger charge is -2.20. The van der Waals surface area contributed by atoms with Crippen LogP contribution in [-0.2, 0) is 10.2 Å². The lowest BCUT2D eigenvalue weighted by Crippen LogP contribution is -2.37. The van der Waals surface area contributed by atoms with Crippen LogP contribution in [0.15, 0.2) is 36.4 Å². The third-order valence-electron chi connectivity index (χ3n) is 4.40. The topological polar surface area (TPSA) is 56.8 Å². The Kier molecular flexibility index (Phi) is 2.98. The Hall–Kier alpha value is -2.69. The maximum absolute atomic E-state index is 12.7. The van der Waals surface area contributed by atoms with Crippen LogP contribution < -0.4 is 19.5 Å². The van der Waals surface area contributed by atoms with Gasteiger partial charge in [0.25, 0.3) is 0 Å². The van der Waals surface area contributed by atoms with Gasteiger partial charge in [-0.25, -0.2) is 0 Å². The van der Waals surface area contributed by atoms with E-state index >= 15 is 0 Å². The molecule has 3 heterocycles. The highest BCUT2D eigenvalue weighted by molar-refractivity contribution is 6.09. The fourth-order valence-corrected chi connectivity index (χ4v) is 3.37. The van der Waals surface area contributed by atoms with Gasteiger partial charge in [-0.1, -0.05) is 32.0 Å². The molecule has 1 amide bonds. The molecule has 1 spiro atoms. The maximum atomic E-state index is 12.7. The lowest BCUT2D eigenvalue weighted by molar-refractivity contribution is -0.119. The molecule has 0 fully saturated rings. The molecule has 0 saturated carbocycles. The molecule has 0 bridgehead atoms. The van der Waals surface area contributed by atoms with Crippen LogP contribution in [0.4, 0.5) is 5.69 Å². The molecular formula is C18H17NO4. The Morgan fingerprint density at radius 2 is 1.70 bits per heavy atom. The van der Waals surface area contributed by atoms with Gasteiger partial charge in [-0.15, -0.1) is 0 Å². The second kappa shape index (κ2) is 4.91. The molecule has 3 aliphatic rings. The minimum atomic E-state index is -0.785. The van der Waals surface area contributed by atoms with E-state index in [0.29, 0.717) is 23.9 Å². The number of benzene rings is 2. The number of anilines is 1. The normalized spacial score (nSPS) is 21.9. The van der Waals surface area contributed by atoms with Crippen molar-refractivity contribution in [3.8, 4) is 17.2 Å². The second-order valence-corrected chi connectivity index (χ2v) is 5.40.